The molecule has 0 aliphatic rings. The summed E-state index contributed by atoms with van der Waals surface area (Å²) in [7, 11) is -1.87. The van der Waals surface area contributed by atoms with Gasteiger partial charge in [0.15, 0.2) is 0 Å². The van der Waals surface area contributed by atoms with Gasteiger partial charge >= 0.3 is 0 Å². The van der Waals surface area contributed by atoms with E-state index in [9.17, 15) is 13.2 Å². The molecule has 136 valence electrons. The Morgan fingerprint density at radius 2 is 1.96 bits per heavy atom. The maximum atomic E-state index is 11.8. The summed E-state index contributed by atoms with van der Waals surface area (Å²) < 4.78 is 36.2. The van der Waals surface area contributed by atoms with Gasteiger partial charge in [0, 0.05) is 13.0 Å². The van der Waals surface area contributed by atoms with E-state index in [2.05, 4.69) is 10.0 Å². The maximum absolute atomic E-state index is 11.8. The molecule has 2 aromatic rings. The maximum Gasteiger partial charge on any atom is 0.220 e. The van der Waals surface area contributed by atoms with Gasteiger partial charge in [0.05, 0.1) is 25.7 Å². The zero-order valence-electron chi connectivity index (χ0n) is 14.0. The standard InChI is InChI=1S/C17H22N2O5S/c1-23-15-7-4-14(5-8-15)6-9-17(20)18-10-12-25(21,22)19-13-16-3-2-11-24-16/h2-5,7-8,11,19H,6,9-10,12-13H2,1H3,(H,18,20). The van der Waals surface area contributed by atoms with E-state index in [0.717, 1.165) is 11.3 Å². The number of amides is 1. The normalized spacial score (nSPS) is 11.2. The van der Waals surface area contributed by atoms with Gasteiger partial charge in [0.2, 0.25) is 15.9 Å². The van der Waals surface area contributed by atoms with E-state index in [1.807, 2.05) is 24.3 Å². The molecule has 0 atom stereocenters. The number of methoxy groups -OCH3 is 1. The average Bonchev–Trinajstić information content (AvgIpc) is 3.12. The van der Waals surface area contributed by atoms with Gasteiger partial charge in [-0.15, -0.1) is 0 Å². The summed E-state index contributed by atoms with van der Waals surface area (Å²) in [6, 6.07) is 10.8. The predicted molar refractivity (Wildman–Crippen MR) is 93.7 cm³/mol. The van der Waals surface area contributed by atoms with Crippen molar-refractivity contribution in [1.29, 1.82) is 0 Å². The zero-order valence-corrected chi connectivity index (χ0v) is 14.8. The van der Waals surface area contributed by atoms with Gasteiger partial charge in [-0.05, 0) is 36.2 Å². The smallest absolute Gasteiger partial charge is 0.220 e. The van der Waals surface area contributed by atoms with Gasteiger partial charge < -0.3 is 14.5 Å². The number of ether oxygens (including phenoxy) is 1. The number of benzene rings is 1. The lowest BCUT2D eigenvalue weighted by Gasteiger charge is -2.07. The van der Waals surface area contributed by atoms with E-state index in [-0.39, 0.29) is 24.7 Å². The number of carbonyl (C=O) groups is 1. The van der Waals surface area contributed by atoms with Crippen molar-refractivity contribution in [2.24, 2.45) is 0 Å². The molecule has 0 spiro atoms. The highest BCUT2D eigenvalue weighted by atomic mass is 32.2. The predicted octanol–water partition coefficient (Wildman–Crippen LogP) is 1.46. The number of rotatable bonds is 10. The second-order valence-corrected chi connectivity index (χ2v) is 7.34. The Balaban J connectivity index is 1.65. The average molecular weight is 366 g/mol. The summed E-state index contributed by atoms with van der Waals surface area (Å²) in [4.78, 5) is 11.8. The molecule has 2 rings (SSSR count). The topological polar surface area (TPSA) is 97.6 Å². The molecule has 1 aromatic heterocycles. The van der Waals surface area contributed by atoms with Gasteiger partial charge in [0.25, 0.3) is 0 Å². The van der Waals surface area contributed by atoms with Crippen LogP contribution in [0.4, 0.5) is 0 Å². The molecule has 7 nitrogen and oxygen atoms in total. The molecule has 0 saturated carbocycles. The van der Waals surface area contributed by atoms with Crippen LogP contribution in [-0.2, 0) is 27.8 Å². The van der Waals surface area contributed by atoms with E-state index in [4.69, 9.17) is 9.15 Å². The fourth-order valence-corrected chi connectivity index (χ4v) is 3.01. The van der Waals surface area contributed by atoms with E-state index in [1.165, 1.54) is 6.26 Å². The molecule has 25 heavy (non-hydrogen) atoms. The van der Waals surface area contributed by atoms with Crippen molar-refractivity contribution in [3.63, 3.8) is 0 Å². The van der Waals surface area contributed by atoms with Crippen LogP contribution >= 0.6 is 0 Å². The Morgan fingerprint density at radius 1 is 1.20 bits per heavy atom. The third kappa shape index (κ3) is 6.98. The first kappa shape index (κ1) is 19.0. The highest BCUT2D eigenvalue weighted by molar-refractivity contribution is 7.89. The third-order valence-corrected chi connectivity index (χ3v) is 4.86. The summed E-state index contributed by atoms with van der Waals surface area (Å²) in [6.45, 7) is 0.162. The van der Waals surface area contributed by atoms with E-state index in [0.29, 0.717) is 18.6 Å². The van der Waals surface area contributed by atoms with Crippen LogP contribution in [0.3, 0.4) is 0 Å². The summed E-state index contributed by atoms with van der Waals surface area (Å²) in [5, 5.41) is 2.62. The molecule has 2 N–H and O–H groups in total. The number of sulfonamides is 1. The first-order chi connectivity index (χ1) is 12.0. The van der Waals surface area contributed by atoms with Crippen LogP contribution < -0.4 is 14.8 Å². The first-order valence-corrected chi connectivity index (χ1v) is 9.53. The fourth-order valence-electron chi connectivity index (χ4n) is 2.13. The Morgan fingerprint density at radius 3 is 2.60 bits per heavy atom. The SMILES string of the molecule is COc1ccc(CCC(=O)NCCS(=O)(=O)NCc2ccco2)cc1. The molecule has 1 aromatic carbocycles. The second kappa shape index (κ2) is 9.24. The van der Waals surface area contributed by atoms with Crippen LogP contribution in [0.25, 0.3) is 0 Å². The Hall–Kier alpha value is -2.32. The van der Waals surface area contributed by atoms with Gasteiger partial charge in [0.1, 0.15) is 11.5 Å². The summed E-state index contributed by atoms with van der Waals surface area (Å²) in [5.41, 5.74) is 1.02. The number of nitrogens with one attached hydrogen (secondary N) is 2. The molecule has 0 radical (unpaired) electrons. The van der Waals surface area contributed by atoms with Crippen LogP contribution in [0.15, 0.2) is 47.1 Å². The van der Waals surface area contributed by atoms with E-state index < -0.39 is 10.0 Å². The molecular formula is C17H22N2O5S. The molecule has 8 heteroatoms. The molecule has 1 heterocycles. The van der Waals surface area contributed by atoms with Crippen molar-refractivity contribution in [2.45, 2.75) is 19.4 Å². The largest absolute Gasteiger partial charge is 0.497 e. The molecule has 0 aliphatic heterocycles. The summed E-state index contributed by atoms with van der Waals surface area (Å²) in [5.74, 6) is 0.937. The molecule has 0 bridgehead atoms. The van der Waals surface area contributed by atoms with E-state index >= 15 is 0 Å². The molecule has 0 unspecified atom stereocenters. The number of hydrogen-bond acceptors (Lipinski definition) is 5. The minimum atomic E-state index is -3.47. The Labute approximate surface area is 147 Å². The van der Waals surface area contributed by atoms with Crippen LogP contribution in [-0.4, -0.2) is 33.7 Å². The van der Waals surface area contributed by atoms with Gasteiger partial charge in [-0.25, -0.2) is 13.1 Å². The lowest BCUT2D eigenvalue weighted by atomic mass is 10.1. The van der Waals surface area contributed by atoms with Crippen LogP contribution in [0.1, 0.15) is 17.7 Å². The lowest BCUT2D eigenvalue weighted by molar-refractivity contribution is -0.120. The fraction of sp³-hybridized carbons (Fsp3) is 0.353. The minimum absolute atomic E-state index is 0.0644. The van der Waals surface area contributed by atoms with Gasteiger partial charge in [-0.1, -0.05) is 12.1 Å². The van der Waals surface area contributed by atoms with E-state index in [1.54, 1.807) is 19.2 Å². The second-order valence-electron chi connectivity index (χ2n) is 5.42. The number of furan rings is 1. The molecule has 0 fully saturated rings. The van der Waals surface area contributed by atoms with Crippen molar-refractivity contribution in [3.8, 4) is 5.75 Å². The van der Waals surface area contributed by atoms with Crippen LogP contribution in [0, 0.1) is 0 Å². The molecule has 0 aliphatic carbocycles. The number of hydrogen-bond donors (Lipinski definition) is 2. The lowest BCUT2D eigenvalue weighted by Crippen LogP contribution is -2.34. The highest BCUT2D eigenvalue weighted by Gasteiger charge is 2.11. The third-order valence-electron chi connectivity index (χ3n) is 3.54. The van der Waals surface area contributed by atoms with Crippen LogP contribution in [0.5, 0.6) is 5.75 Å². The quantitative estimate of drug-likeness (QED) is 0.663. The van der Waals surface area contributed by atoms with Crippen molar-refractivity contribution in [2.75, 3.05) is 19.4 Å². The van der Waals surface area contributed by atoms with Gasteiger partial charge in [-0.3, -0.25) is 4.79 Å². The number of carbonyl (C=O) groups excluding carboxylic acids is 1. The monoisotopic (exact) mass is 366 g/mol. The number of aryl methyl sites for hydroxylation is 1. The van der Waals surface area contributed by atoms with Crippen molar-refractivity contribution in [3.05, 3.63) is 54.0 Å². The van der Waals surface area contributed by atoms with Crippen molar-refractivity contribution >= 4 is 15.9 Å². The minimum Gasteiger partial charge on any atom is -0.497 e. The molecular weight excluding hydrogens is 344 g/mol. The molecule has 0 saturated heterocycles. The molecule has 1 amide bonds. The zero-order chi connectivity index (χ0) is 18.1. The summed E-state index contributed by atoms with van der Waals surface area (Å²) in [6.07, 6.45) is 2.36. The Kier molecular flexibility index (Phi) is 7.03. The Bertz CT molecular complexity index is 755. The summed E-state index contributed by atoms with van der Waals surface area (Å²) >= 11 is 0. The van der Waals surface area contributed by atoms with Crippen LogP contribution in [0.2, 0.25) is 0 Å². The van der Waals surface area contributed by atoms with Gasteiger partial charge in [-0.2, -0.15) is 0 Å². The van der Waals surface area contributed by atoms with Crippen molar-refractivity contribution in [1.82, 2.24) is 10.0 Å². The van der Waals surface area contributed by atoms with Crippen molar-refractivity contribution < 1.29 is 22.4 Å². The highest BCUT2D eigenvalue weighted by Crippen LogP contribution is 2.12. The first-order valence-electron chi connectivity index (χ1n) is 7.88.